The lowest BCUT2D eigenvalue weighted by molar-refractivity contribution is -0.172. The minimum Gasteiger partial charge on any atom is -0.458 e. The second kappa shape index (κ2) is 23.9. The van der Waals surface area contributed by atoms with Gasteiger partial charge in [-0.1, -0.05) is 32.6 Å². The van der Waals surface area contributed by atoms with Gasteiger partial charge < -0.3 is 54.8 Å². The number of benzene rings is 1. The molecule has 0 saturated carbocycles. The normalized spacial score (nSPS) is 16.1. The third-order valence-electron chi connectivity index (χ3n) is 13.0. The summed E-state index contributed by atoms with van der Waals surface area (Å²) in [6, 6.07) is 3.38. The second-order valence-corrected chi connectivity index (χ2v) is 21.0. The number of sulfone groups is 1. The van der Waals surface area contributed by atoms with Gasteiger partial charge in [0, 0.05) is 60.7 Å². The molecule has 1 unspecified atom stereocenters. The number of pyridine rings is 2. The van der Waals surface area contributed by atoms with Gasteiger partial charge in [-0.2, -0.15) is 0 Å². The minimum atomic E-state index is -3.54. The van der Waals surface area contributed by atoms with E-state index in [2.05, 4.69) is 43.1 Å². The van der Waals surface area contributed by atoms with Gasteiger partial charge in [-0.05, 0) is 89.2 Å². The molecule has 3 aliphatic heterocycles. The maximum absolute atomic E-state index is 13.9. The summed E-state index contributed by atoms with van der Waals surface area (Å²) < 4.78 is 47.1. The fourth-order valence-electron chi connectivity index (χ4n) is 8.91. The van der Waals surface area contributed by atoms with Crippen LogP contribution < -0.4 is 36.3 Å². The number of fused-ring (bicyclic) bond motifs is 6. The molecule has 3 aromatic heterocycles. The molecule has 3 aliphatic rings. The maximum atomic E-state index is 13.9. The Balaban J connectivity index is 0.908. The standard InChI is InChI=1S/C51H63N9O13S/c1-7-51(67)36-21-39-45-34(26-60(39)48(65)35(36)27-71-49(51)66)32(33-20-40-41(73-29-72-40)22-38(33)56-45)15-13-19-70-28-55-43(62)25-52-46(63)37(16-11-12-18-59(4)5)57-47(64)44(30(2)3)58-42(61)17-10-8-9-14-31-23-53-50(54-24-31)74(6,68)69/h20-24,30,37,44,67H,7-8,10-13,15-19,25-29H2,1-6H3,(H,52,63)(H,55,62)(H,57,64)(H,58,61)/t37-,44?,51-/m0/s1. The van der Waals surface area contributed by atoms with Gasteiger partial charge in [-0.15, -0.1) is 0 Å². The summed E-state index contributed by atoms with van der Waals surface area (Å²) in [5, 5.41) is 22.7. The Kier molecular flexibility index (Phi) is 17.7. The lowest BCUT2D eigenvalue weighted by Crippen LogP contribution is -2.56. The van der Waals surface area contributed by atoms with Crippen LogP contribution in [0.4, 0.5) is 0 Å². The number of hydrogen-bond donors (Lipinski definition) is 5. The van der Waals surface area contributed by atoms with Crippen LogP contribution in [0.15, 0.2) is 40.5 Å². The van der Waals surface area contributed by atoms with Gasteiger partial charge in [0.1, 0.15) is 25.4 Å². The molecule has 4 amide bonds. The number of rotatable bonds is 23. The van der Waals surface area contributed by atoms with Crippen LogP contribution >= 0.6 is 0 Å². The van der Waals surface area contributed by atoms with Crippen LogP contribution in [0.3, 0.4) is 0 Å². The van der Waals surface area contributed by atoms with Crippen LogP contribution in [0.5, 0.6) is 11.5 Å². The lowest BCUT2D eigenvalue weighted by atomic mass is 9.86. The summed E-state index contributed by atoms with van der Waals surface area (Å²) in [5.74, 6) is 3.71. The van der Waals surface area contributed by atoms with Crippen molar-refractivity contribution in [3.8, 4) is 34.7 Å². The first kappa shape index (κ1) is 54.8. The van der Waals surface area contributed by atoms with Crippen molar-refractivity contribution < 1.29 is 56.4 Å². The number of hydrogen-bond acceptors (Lipinski definition) is 17. The first-order chi connectivity index (χ1) is 35.3. The average Bonchev–Trinajstić information content (AvgIpc) is 3.99. The summed E-state index contributed by atoms with van der Waals surface area (Å²) in [6.45, 7) is 5.67. The van der Waals surface area contributed by atoms with E-state index in [1.807, 2.05) is 25.1 Å². The summed E-state index contributed by atoms with van der Waals surface area (Å²) in [7, 11) is 0.332. The quantitative estimate of drug-likeness (QED) is 0.0205. The average molecular weight is 1040 g/mol. The Morgan fingerprint density at radius 3 is 2.39 bits per heavy atom. The summed E-state index contributed by atoms with van der Waals surface area (Å²) >= 11 is 0. The molecular formula is C51H63N9O13S. The van der Waals surface area contributed by atoms with Crippen LogP contribution in [-0.4, -0.2) is 133 Å². The molecule has 1 aromatic carbocycles. The van der Waals surface area contributed by atoms with Crippen molar-refractivity contribution in [1.29, 1.82) is 0 Å². The van der Waals surface area contributed by atoms with Crippen LogP contribution in [0.25, 0.3) is 22.3 Å². The molecule has 0 saturated heterocycles. The minimum absolute atomic E-state index is 0.0151. The van der Waals surface area contributed by atoms with E-state index < -0.39 is 51.2 Å². The van der Waals surface area contributed by atoms with Gasteiger partial charge in [0.2, 0.25) is 45.4 Å². The number of unbranched alkanes of at least 4 members (excludes halogenated alkanes) is 2. The second-order valence-electron chi connectivity index (χ2n) is 19.0. The van der Waals surface area contributed by atoms with Gasteiger partial charge in [-0.25, -0.2) is 28.2 Å². The molecule has 4 aromatic rings. The highest BCUT2D eigenvalue weighted by atomic mass is 32.2. The largest absolute Gasteiger partial charge is 0.458 e. The molecule has 6 heterocycles. The molecule has 5 N–H and O–H groups in total. The summed E-state index contributed by atoms with van der Waals surface area (Å²) in [5.41, 5.74) is 1.84. The molecule has 0 bridgehead atoms. The molecule has 0 radical (unpaired) electrons. The van der Waals surface area contributed by atoms with Gasteiger partial charge in [0.25, 0.3) is 5.56 Å². The molecule has 0 aliphatic carbocycles. The van der Waals surface area contributed by atoms with Gasteiger partial charge in [0.05, 0.1) is 41.1 Å². The third kappa shape index (κ3) is 12.8. The van der Waals surface area contributed by atoms with Crippen molar-refractivity contribution in [1.82, 2.24) is 45.7 Å². The number of nitrogens with one attached hydrogen (secondary N) is 4. The van der Waals surface area contributed by atoms with Crippen LogP contribution in [0, 0.1) is 17.8 Å². The number of esters is 1. The highest BCUT2D eigenvalue weighted by molar-refractivity contribution is 7.90. The van der Waals surface area contributed by atoms with Gasteiger partial charge in [0.15, 0.2) is 17.1 Å². The van der Waals surface area contributed by atoms with E-state index in [9.17, 15) is 42.3 Å². The Hall–Kier alpha value is -7.00. The number of ether oxygens (including phenoxy) is 4. The maximum Gasteiger partial charge on any atom is 0.343 e. The van der Waals surface area contributed by atoms with E-state index in [0.29, 0.717) is 66.1 Å². The SMILES string of the molecule is CC[C@@]1(O)C(=O)OCc2c1cc1n(c2=O)Cc2c-1nc1cc3c(cc1c2CCCOCNC(=O)CNC(=O)[C@H](CCCCN(C)C)NC(=O)C(NC(=O)CCCC#Cc1cnc(S(C)(=O)=O)nc1)C(C)C)OCO3. The predicted molar refractivity (Wildman–Crippen MR) is 268 cm³/mol. The molecule has 0 fully saturated rings. The Bertz CT molecular complexity index is 3040. The first-order valence-corrected chi connectivity index (χ1v) is 26.5. The fraction of sp³-hybridized carbons (Fsp3) is 0.510. The molecule has 396 valence electrons. The molecule has 74 heavy (non-hydrogen) atoms. The molecular weight excluding hydrogens is 979 g/mol. The lowest BCUT2D eigenvalue weighted by Gasteiger charge is -2.31. The Labute approximate surface area is 428 Å². The van der Waals surface area contributed by atoms with Gasteiger partial charge >= 0.3 is 5.97 Å². The van der Waals surface area contributed by atoms with Crippen molar-refractivity contribution in [2.24, 2.45) is 5.92 Å². The zero-order valence-electron chi connectivity index (χ0n) is 42.4. The zero-order valence-corrected chi connectivity index (χ0v) is 43.2. The fourth-order valence-corrected chi connectivity index (χ4v) is 9.40. The van der Waals surface area contributed by atoms with Crippen molar-refractivity contribution in [3.63, 3.8) is 0 Å². The molecule has 0 spiro atoms. The topological polar surface area (TPSA) is 289 Å². The number of aryl methyl sites for hydroxylation is 1. The number of carbonyl (C=O) groups is 5. The van der Waals surface area contributed by atoms with Gasteiger partial charge in [-0.3, -0.25) is 24.0 Å². The Morgan fingerprint density at radius 1 is 0.946 bits per heavy atom. The monoisotopic (exact) mass is 1040 g/mol. The van der Waals surface area contributed by atoms with E-state index in [0.717, 1.165) is 35.7 Å². The van der Waals surface area contributed by atoms with E-state index in [1.54, 1.807) is 37.5 Å². The summed E-state index contributed by atoms with van der Waals surface area (Å²) in [6.07, 6.45) is 7.07. The number of amides is 4. The molecule has 22 nitrogen and oxygen atoms in total. The van der Waals surface area contributed by atoms with Crippen LogP contribution in [0.2, 0.25) is 0 Å². The number of aliphatic hydroxyl groups is 1. The van der Waals surface area contributed by atoms with Crippen LogP contribution in [0.1, 0.15) is 100.0 Å². The number of nitrogens with zero attached hydrogens (tertiary/aromatic N) is 5. The van der Waals surface area contributed by atoms with Crippen molar-refractivity contribution in [2.45, 2.75) is 115 Å². The van der Waals surface area contributed by atoms with Crippen LogP contribution in [-0.2, 0) is 68.5 Å². The molecule has 7 rings (SSSR count). The third-order valence-corrected chi connectivity index (χ3v) is 13.8. The number of carbonyl (C=O) groups excluding carboxylic acids is 5. The Morgan fingerprint density at radius 2 is 1.69 bits per heavy atom. The first-order valence-electron chi connectivity index (χ1n) is 24.6. The van der Waals surface area contributed by atoms with E-state index in [4.69, 9.17) is 23.9 Å². The van der Waals surface area contributed by atoms with Crippen molar-refractivity contribution >= 4 is 50.3 Å². The molecule has 3 atom stereocenters. The number of aromatic nitrogens is 4. The highest BCUT2D eigenvalue weighted by Crippen LogP contribution is 2.43. The predicted octanol–water partition coefficient (Wildman–Crippen LogP) is 1.72. The summed E-state index contributed by atoms with van der Waals surface area (Å²) in [4.78, 5) is 94.3. The van der Waals surface area contributed by atoms with E-state index in [1.165, 1.54) is 12.4 Å². The van der Waals surface area contributed by atoms with E-state index >= 15 is 0 Å². The van der Waals surface area contributed by atoms with E-state index in [-0.39, 0.29) is 92.8 Å². The number of cyclic esters (lactones) is 1. The van der Waals surface area contributed by atoms with Crippen molar-refractivity contribution in [2.75, 3.05) is 53.6 Å². The molecule has 23 heteroatoms. The zero-order chi connectivity index (χ0) is 53.3. The highest BCUT2D eigenvalue weighted by Gasteiger charge is 2.45. The van der Waals surface area contributed by atoms with Crippen molar-refractivity contribution in [3.05, 3.63) is 68.8 Å². The smallest absolute Gasteiger partial charge is 0.343 e.